The Labute approximate surface area is 240 Å². The summed E-state index contributed by atoms with van der Waals surface area (Å²) in [6, 6.07) is 12.3. The largest absolute Gasteiger partial charge is 0.492 e. The van der Waals surface area contributed by atoms with Crippen molar-refractivity contribution < 1.29 is 17.9 Å². The number of likely N-dealkylation sites (tertiary alicyclic amines) is 1. The predicted octanol–water partition coefficient (Wildman–Crippen LogP) is 5.32. The van der Waals surface area contributed by atoms with Crippen molar-refractivity contribution in [3.8, 4) is 11.5 Å². The van der Waals surface area contributed by atoms with Gasteiger partial charge in [0.05, 0.1) is 24.2 Å². The number of rotatable bonds is 12. The zero-order valence-electron chi connectivity index (χ0n) is 22.7. The molecule has 40 heavy (non-hydrogen) atoms. The van der Waals surface area contributed by atoms with E-state index in [1.54, 1.807) is 24.3 Å². The van der Waals surface area contributed by atoms with Gasteiger partial charge in [-0.1, -0.05) is 37.1 Å². The molecule has 2 heterocycles. The molecule has 1 unspecified atom stereocenters. The monoisotopic (exact) mass is 586 g/mol. The van der Waals surface area contributed by atoms with Crippen molar-refractivity contribution in [3.05, 3.63) is 53.7 Å². The van der Waals surface area contributed by atoms with Gasteiger partial charge in [-0.15, -0.1) is 0 Å². The van der Waals surface area contributed by atoms with Gasteiger partial charge >= 0.3 is 0 Å². The van der Waals surface area contributed by atoms with E-state index in [1.807, 2.05) is 25.1 Å². The Hall–Kier alpha value is -3.12. The number of hydrogen-bond donors (Lipinski definition) is 3. The molecular weight excluding hydrogens is 552 g/mol. The summed E-state index contributed by atoms with van der Waals surface area (Å²) in [5.41, 5.74) is 1.03. The summed E-state index contributed by atoms with van der Waals surface area (Å²) in [4.78, 5) is 11.3. The summed E-state index contributed by atoms with van der Waals surface area (Å²) in [6.07, 6.45) is 5.32. The zero-order chi connectivity index (χ0) is 28.1. The van der Waals surface area contributed by atoms with E-state index >= 15 is 0 Å². The van der Waals surface area contributed by atoms with Gasteiger partial charge in [0.1, 0.15) is 27.5 Å². The highest BCUT2D eigenvalue weighted by Crippen LogP contribution is 2.34. The molecular formula is C28H35ClN6O4S. The van der Waals surface area contributed by atoms with E-state index in [1.165, 1.54) is 6.20 Å². The molecule has 5 rings (SSSR count). The van der Waals surface area contributed by atoms with Crippen LogP contribution in [0.1, 0.15) is 39.5 Å². The number of para-hydroxylation sites is 1. The van der Waals surface area contributed by atoms with E-state index in [-0.39, 0.29) is 33.8 Å². The van der Waals surface area contributed by atoms with E-state index in [0.717, 1.165) is 51.1 Å². The van der Waals surface area contributed by atoms with Gasteiger partial charge < -0.3 is 20.1 Å². The maximum atomic E-state index is 13.1. The Bertz CT molecular complexity index is 1440. The number of hydrogen-bond acceptors (Lipinski definition) is 9. The van der Waals surface area contributed by atoms with Crippen LogP contribution in [-0.2, 0) is 10.0 Å². The van der Waals surface area contributed by atoms with Crippen molar-refractivity contribution in [2.75, 3.05) is 36.9 Å². The van der Waals surface area contributed by atoms with Gasteiger partial charge in [0, 0.05) is 25.2 Å². The highest BCUT2D eigenvalue weighted by Gasteiger charge is 2.27. The van der Waals surface area contributed by atoms with Crippen molar-refractivity contribution in [3.63, 3.8) is 0 Å². The number of nitrogens with zero attached hydrogens (tertiary/aromatic N) is 3. The van der Waals surface area contributed by atoms with Crippen LogP contribution in [0.4, 0.5) is 23.1 Å². The molecule has 0 radical (unpaired) electrons. The van der Waals surface area contributed by atoms with E-state index in [4.69, 9.17) is 21.1 Å². The lowest BCUT2D eigenvalue weighted by molar-refractivity contribution is 0.201. The van der Waals surface area contributed by atoms with E-state index in [2.05, 4.69) is 37.1 Å². The second-order valence-electron chi connectivity index (χ2n) is 9.90. The van der Waals surface area contributed by atoms with E-state index in [9.17, 15) is 8.42 Å². The lowest BCUT2D eigenvalue weighted by Gasteiger charge is -2.26. The second-order valence-corrected chi connectivity index (χ2v) is 12.0. The number of anilines is 4. The summed E-state index contributed by atoms with van der Waals surface area (Å²) >= 11 is 6.41. The summed E-state index contributed by atoms with van der Waals surface area (Å²) in [5, 5.41) is 6.52. The molecule has 3 N–H and O–H groups in total. The maximum Gasteiger partial charge on any atom is 0.242 e. The molecule has 2 aliphatic rings. The van der Waals surface area contributed by atoms with Gasteiger partial charge in [-0.2, -0.15) is 4.98 Å². The minimum Gasteiger partial charge on any atom is -0.492 e. The third-order valence-electron chi connectivity index (χ3n) is 7.08. The highest BCUT2D eigenvalue weighted by molar-refractivity contribution is 7.89. The quantitative estimate of drug-likeness (QED) is 0.259. The third-order valence-corrected chi connectivity index (χ3v) is 8.93. The van der Waals surface area contributed by atoms with Crippen molar-refractivity contribution >= 4 is 44.8 Å². The number of ether oxygens (including phenoxy) is 2. The average Bonchev–Trinajstić information content (AvgIpc) is 3.38. The van der Waals surface area contributed by atoms with E-state index in [0.29, 0.717) is 23.7 Å². The molecule has 1 atom stereocenters. The number of benzene rings is 2. The van der Waals surface area contributed by atoms with Crippen LogP contribution in [0.2, 0.25) is 5.02 Å². The van der Waals surface area contributed by atoms with Crippen LogP contribution in [-0.4, -0.2) is 61.7 Å². The van der Waals surface area contributed by atoms with Crippen molar-refractivity contribution in [1.29, 1.82) is 0 Å². The first-order valence-electron chi connectivity index (χ1n) is 13.7. The summed E-state index contributed by atoms with van der Waals surface area (Å²) in [6.45, 7) is 7.51. The Kier molecular flexibility index (Phi) is 8.94. The summed E-state index contributed by atoms with van der Waals surface area (Å²) in [5.74, 6) is 1.88. The predicted molar refractivity (Wildman–Crippen MR) is 157 cm³/mol. The Morgan fingerprint density at radius 1 is 1.07 bits per heavy atom. The van der Waals surface area contributed by atoms with Gasteiger partial charge in [-0.05, 0) is 57.0 Å². The topological polar surface area (TPSA) is 118 Å². The first-order valence-corrected chi connectivity index (χ1v) is 15.5. The molecule has 3 aromatic rings. The smallest absolute Gasteiger partial charge is 0.242 e. The Morgan fingerprint density at radius 2 is 1.90 bits per heavy atom. The van der Waals surface area contributed by atoms with Gasteiger partial charge in [-0.25, -0.2) is 18.1 Å². The van der Waals surface area contributed by atoms with Crippen molar-refractivity contribution in [2.24, 2.45) is 0 Å². The zero-order valence-corrected chi connectivity index (χ0v) is 24.3. The summed E-state index contributed by atoms with van der Waals surface area (Å²) < 4.78 is 41.0. The maximum absolute atomic E-state index is 13.1. The molecule has 2 fully saturated rings. The van der Waals surface area contributed by atoms with Crippen LogP contribution in [0.3, 0.4) is 0 Å². The number of aromatic nitrogens is 2. The molecule has 0 amide bonds. The molecule has 1 aromatic heterocycles. The van der Waals surface area contributed by atoms with Crippen LogP contribution in [0.25, 0.3) is 0 Å². The minimum absolute atomic E-state index is 0.0305. The van der Waals surface area contributed by atoms with Crippen molar-refractivity contribution in [2.45, 2.75) is 56.6 Å². The molecule has 0 bridgehead atoms. The Balaban J connectivity index is 1.34. The van der Waals surface area contributed by atoms with Crippen LogP contribution in [0.5, 0.6) is 11.5 Å². The molecule has 1 saturated heterocycles. The van der Waals surface area contributed by atoms with Gasteiger partial charge in [-0.3, -0.25) is 4.90 Å². The minimum atomic E-state index is -3.72. The molecule has 10 nitrogen and oxygen atoms in total. The van der Waals surface area contributed by atoms with Crippen LogP contribution in [0, 0.1) is 0 Å². The fourth-order valence-corrected chi connectivity index (χ4v) is 6.31. The lowest BCUT2D eigenvalue weighted by Crippen LogP contribution is -2.39. The number of nitrogens with one attached hydrogen (secondary N) is 3. The average molecular weight is 587 g/mol. The third kappa shape index (κ3) is 6.77. The van der Waals surface area contributed by atoms with E-state index < -0.39 is 10.0 Å². The number of sulfonamides is 1. The van der Waals surface area contributed by atoms with Gasteiger partial charge in [0.15, 0.2) is 5.82 Å². The Morgan fingerprint density at radius 3 is 2.62 bits per heavy atom. The van der Waals surface area contributed by atoms with Crippen molar-refractivity contribution in [1.82, 2.24) is 19.6 Å². The second kappa shape index (κ2) is 12.6. The standard InChI is InChI=1S/C28H35ClN6O4S/c1-3-35-15-14-21(18-35)39-20-12-13-23(25(16-20)38-4-2)32-28-30-17-22(29)27(33-28)31-24-10-5-6-11-26(24)40(36,37)34-19-8-7-9-19/h5-6,10-13,16-17,19,21,34H,3-4,7-9,14-15,18H2,1-2H3,(H2,30,31,32,33). The molecule has 12 heteroatoms. The molecule has 0 spiro atoms. The SMILES string of the molecule is CCOc1cc(OC2CCN(CC)C2)ccc1Nc1ncc(Cl)c(Nc2ccccc2S(=O)(=O)NC2CCC2)n1. The van der Waals surface area contributed by atoms with Crippen LogP contribution >= 0.6 is 11.6 Å². The van der Waals surface area contributed by atoms with Crippen LogP contribution in [0.15, 0.2) is 53.6 Å². The first kappa shape index (κ1) is 28.4. The lowest BCUT2D eigenvalue weighted by atomic mass is 9.94. The molecule has 214 valence electrons. The fourth-order valence-electron chi connectivity index (χ4n) is 4.70. The highest BCUT2D eigenvalue weighted by atomic mass is 35.5. The molecule has 1 saturated carbocycles. The molecule has 1 aliphatic heterocycles. The molecule has 1 aliphatic carbocycles. The van der Waals surface area contributed by atoms with Gasteiger partial charge in [0.2, 0.25) is 16.0 Å². The number of halogens is 1. The fraction of sp³-hybridized carbons (Fsp3) is 0.429. The van der Waals surface area contributed by atoms with Gasteiger partial charge in [0.25, 0.3) is 0 Å². The normalized spacial score (nSPS) is 17.8. The first-order chi connectivity index (χ1) is 19.3. The molecule has 2 aromatic carbocycles. The van der Waals surface area contributed by atoms with Crippen LogP contribution < -0.4 is 24.8 Å². The number of likely N-dealkylation sites (N-methyl/N-ethyl adjacent to an activating group) is 1. The summed E-state index contributed by atoms with van der Waals surface area (Å²) in [7, 11) is -3.72.